The number of aliphatic imine (C=N–C) groups is 1. The van der Waals surface area contributed by atoms with Crippen molar-refractivity contribution in [1.29, 1.82) is 0 Å². The van der Waals surface area contributed by atoms with Gasteiger partial charge in [0.2, 0.25) is 0 Å². The fraction of sp³-hybridized carbons (Fsp3) is 0.938. The van der Waals surface area contributed by atoms with Crippen molar-refractivity contribution < 1.29 is 0 Å². The van der Waals surface area contributed by atoms with Gasteiger partial charge in [-0.1, -0.05) is 20.8 Å². The molecular formula is C16H33IN4. The van der Waals surface area contributed by atoms with Gasteiger partial charge in [0.05, 0.1) is 6.54 Å². The molecule has 0 aromatic rings. The number of nitrogens with zero attached hydrogens (tertiary/aromatic N) is 3. The topological polar surface area (TPSA) is 44.9 Å². The largest absolute Gasteiger partial charge is 0.370 e. The molecule has 2 heterocycles. The Balaban J connectivity index is 0.00000220. The Kier molecular flexibility index (Phi) is 8.31. The molecule has 2 aliphatic rings. The van der Waals surface area contributed by atoms with Gasteiger partial charge in [0.15, 0.2) is 5.96 Å². The molecule has 2 fully saturated rings. The molecule has 5 heteroatoms. The number of nitrogens with two attached hydrogens (primary N) is 1. The number of guanidine groups is 1. The van der Waals surface area contributed by atoms with E-state index in [4.69, 9.17) is 10.7 Å². The lowest BCUT2D eigenvalue weighted by atomic mass is 10.0. The summed E-state index contributed by atoms with van der Waals surface area (Å²) in [5.41, 5.74) is 6.22. The Hall–Kier alpha value is -0.0400. The number of likely N-dealkylation sites (tertiary alicyclic amines) is 2. The fourth-order valence-electron chi connectivity index (χ4n) is 3.51. The summed E-state index contributed by atoms with van der Waals surface area (Å²) in [6.07, 6.45) is 5.25. The molecule has 2 aliphatic heterocycles. The monoisotopic (exact) mass is 408 g/mol. The minimum Gasteiger partial charge on any atom is -0.370 e. The lowest BCUT2D eigenvalue weighted by Crippen LogP contribution is -2.45. The zero-order chi connectivity index (χ0) is 14.5. The molecule has 21 heavy (non-hydrogen) atoms. The second-order valence-corrected chi connectivity index (χ2v) is 6.95. The van der Waals surface area contributed by atoms with E-state index in [2.05, 4.69) is 30.6 Å². The first-order valence-corrected chi connectivity index (χ1v) is 8.37. The van der Waals surface area contributed by atoms with Crippen LogP contribution in [0.2, 0.25) is 0 Å². The molecule has 0 radical (unpaired) electrons. The summed E-state index contributed by atoms with van der Waals surface area (Å²) in [6.45, 7) is 12.4. The zero-order valence-corrected chi connectivity index (χ0v) is 16.3. The van der Waals surface area contributed by atoms with E-state index in [9.17, 15) is 0 Å². The standard InChI is InChI=1S/C16H32N4.HI/c1-13(2)15(19-8-4-5-9-19)11-18-16(17)20-10-6-7-14(3)12-20;/h13-15H,4-12H2,1-3H3,(H2,17,18);1H. The van der Waals surface area contributed by atoms with E-state index in [0.717, 1.165) is 31.5 Å². The normalized spacial score (nSPS) is 26.0. The molecule has 0 bridgehead atoms. The van der Waals surface area contributed by atoms with E-state index in [1.807, 2.05) is 0 Å². The molecule has 0 amide bonds. The average molecular weight is 408 g/mol. The average Bonchev–Trinajstić information content (AvgIpc) is 2.92. The van der Waals surface area contributed by atoms with E-state index < -0.39 is 0 Å². The van der Waals surface area contributed by atoms with Crippen molar-refractivity contribution >= 4 is 29.9 Å². The zero-order valence-electron chi connectivity index (χ0n) is 13.9. The van der Waals surface area contributed by atoms with Gasteiger partial charge in [0.1, 0.15) is 0 Å². The highest BCUT2D eigenvalue weighted by Crippen LogP contribution is 2.19. The Morgan fingerprint density at radius 1 is 1.19 bits per heavy atom. The van der Waals surface area contributed by atoms with E-state index in [1.54, 1.807) is 0 Å². The molecule has 2 saturated heterocycles. The smallest absolute Gasteiger partial charge is 0.191 e. The van der Waals surface area contributed by atoms with Crippen LogP contribution in [0.5, 0.6) is 0 Å². The van der Waals surface area contributed by atoms with Crippen molar-refractivity contribution in [3.8, 4) is 0 Å². The van der Waals surface area contributed by atoms with Gasteiger partial charge in [0.25, 0.3) is 0 Å². The predicted octanol–water partition coefficient (Wildman–Crippen LogP) is 2.77. The summed E-state index contributed by atoms with van der Waals surface area (Å²) in [6, 6.07) is 0.554. The summed E-state index contributed by atoms with van der Waals surface area (Å²) < 4.78 is 0. The molecule has 2 N–H and O–H groups in total. The van der Waals surface area contributed by atoms with Crippen LogP contribution < -0.4 is 5.73 Å². The fourth-order valence-corrected chi connectivity index (χ4v) is 3.51. The first-order chi connectivity index (χ1) is 9.58. The van der Waals surface area contributed by atoms with Crippen molar-refractivity contribution in [2.24, 2.45) is 22.6 Å². The third-order valence-electron chi connectivity index (χ3n) is 4.80. The summed E-state index contributed by atoms with van der Waals surface area (Å²) in [5.74, 6) is 2.16. The van der Waals surface area contributed by atoms with Crippen LogP contribution in [-0.2, 0) is 0 Å². The van der Waals surface area contributed by atoms with Crippen LogP contribution in [0.15, 0.2) is 4.99 Å². The molecule has 2 rings (SSSR count). The highest BCUT2D eigenvalue weighted by atomic mass is 127. The van der Waals surface area contributed by atoms with E-state index in [1.165, 1.54) is 38.8 Å². The van der Waals surface area contributed by atoms with Gasteiger partial charge in [-0.2, -0.15) is 0 Å². The van der Waals surface area contributed by atoms with Crippen molar-refractivity contribution in [2.75, 3.05) is 32.7 Å². The number of rotatable bonds is 4. The second-order valence-electron chi connectivity index (χ2n) is 6.95. The maximum absolute atomic E-state index is 6.22. The van der Waals surface area contributed by atoms with Gasteiger partial charge >= 0.3 is 0 Å². The first-order valence-electron chi connectivity index (χ1n) is 8.37. The van der Waals surface area contributed by atoms with Crippen molar-refractivity contribution in [2.45, 2.75) is 52.5 Å². The lowest BCUT2D eigenvalue weighted by Gasteiger charge is -2.33. The van der Waals surface area contributed by atoms with Crippen LogP contribution in [0.4, 0.5) is 0 Å². The van der Waals surface area contributed by atoms with Crippen LogP contribution >= 0.6 is 24.0 Å². The number of halogens is 1. The van der Waals surface area contributed by atoms with Gasteiger partial charge in [-0.25, -0.2) is 0 Å². The van der Waals surface area contributed by atoms with Gasteiger partial charge in [-0.15, -0.1) is 24.0 Å². The molecule has 2 atom stereocenters. The highest BCUT2D eigenvalue weighted by molar-refractivity contribution is 14.0. The molecule has 0 aliphatic carbocycles. The van der Waals surface area contributed by atoms with Crippen LogP contribution in [0.25, 0.3) is 0 Å². The maximum Gasteiger partial charge on any atom is 0.191 e. The Bertz CT molecular complexity index is 326. The SMILES string of the molecule is CC1CCCN(C(N)=NCC(C(C)C)N2CCCC2)C1.I. The summed E-state index contributed by atoms with van der Waals surface area (Å²) >= 11 is 0. The summed E-state index contributed by atoms with van der Waals surface area (Å²) in [4.78, 5) is 9.60. The van der Waals surface area contributed by atoms with Gasteiger partial charge in [-0.3, -0.25) is 9.89 Å². The Labute approximate surface area is 147 Å². The summed E-state index contributed by atoms with van der Waals surface area (Å²) in [7, 11) is 0. The van der Waals surface area contributed by atoms with Crippen molar-refractivity contribution in [3.05, 3.63) is 0 Å². The molecule has 0 aromatic carbocycles. The Morgan fingerprint density at radius 3 is 2.43 bits per heavy atom. The first kappa shape index (κ1) is 19.0. The molecule has 0 saturated carbocycles. The van der Waals surface area contributed by atoms with Gasteiger partial charge < -0.3 is 10.6 Å². The van der Waals surface area contributed by atoms with E-state index in [0.29, 0.717) is 12.0 Å². The molecular weight excluding hydrogens is 375 g/mol. The molecule has 0 spiro atoms. The van der Waals surface area contributed by atoms with E-state index in [-0.39, 0.29) is 24.0 Å². The van der Waals surface area contributed by atoms with E-state index >= 15 is 0 Å². The van der Waals surface area contributed by atoms with Crippen molar-refractivity contribution in [1.82, 2.24) is 9.80 Å². The minimum atomic E-state index is 0. The molecule has 2 unspecified atom stereocenters. The minimum absolute atomic E-state index is 0. The Morgan fingerprint density at radius 2 is 1.86 bits per heavy atom. The van der Waals surface area contributed by atoms with Crippen LogP contribution in [0.3, 0.4) is 0 Å². The molecule has 124 valence electrons. The second kappa shape index (κ2) is 9.18. The van der Waals surface area contributed by atoms with Crippen molar-refractivity contribution in [3.63, 3.8) is 0 Å². The summed E-state index contributed by atoms with van der Waals surface area (Å²) in [5, 5.41) is 0. The van der Waals surface area contributed by atoms with Crippen LogP contribution in [-0.4, -0.2) is 54.5 Å². The predicted molar refractivity (Wildman–Crippen MR) is 101 cm³/mol. The van der Waals surface area contributed by atoms with Crippen LogP contribution in [0, 0.1) is 11.8 Å². The lowest BCUT2D eigenvalue weighted by molar-refractivity contribution is 0.196. The van der Waals surface area contributed by atoms with Crippen LogP contribution in [0.1, 0.15) is 46.5 Å². The molecule has 4 nitrogen and oxygen atoms in total. The number of hydrogen-bond donors (Lipinski definition) is 1. The number of hydrogen-bond acceptors (Lipinski definition) is 2. The third-order valence-corrected chi connectivity index (χ3v) is 4.80. The number of piperidine rings is 1. The maximum atomic E-state index is 6.22. The quantitative estimate of drug-likeness (QED) is 0.442. The van der Waals surface area contributed by atoms with Gasteiger partial charge in [-0.05, 0) is 50.6 Å². The highest BCUT2D eigenvalue weighted by Gasteiger charge is 2.25. The van der Waals surface area contributed by atoms with Gasteiger partial charge in [0, 0.05) is 19.1 Å². The third kappa shape index (κ3) is 5.58. The molecule has 0 aromatic heterocycles.